The maximum absolute atomic E-state index is 15.2. The quantitative estimate of drug-likeness (QED) is 0.0118. The molecular formula is C96H179N2O24P. The average Bonchev–Trinajstić information content (AvgIpc) is 0.778. The molecule has 26 nitrogen and oxygen atoms in total. The molecule has 2 saturated heterocycles. The highest BCUT2D eigenvalue weighted by Crippen LogP contribution is 2.43. The number of aliphatic carboxylic acids is 1. The Balaban J connectivity index is 2.84. The van der Waals surface area contributed by atoms with Gasteiger partial charge < -0.3 is 83.8 Å². The van der Waals surface area contributed by atoms with Crippen LogP contribution in [-0.4, -0.2) is 183 Å². The zero-order chi connectivity index (χ0) is 90.2. The van der Waals surface area contributed by atoms with Crippen molar-refractivity contribution in [1.29, 1.82) is 0 Å². The van der Waals surface area contributed by atoms with Crippen LogP contribution in [0.5, 0.6) is 0 Å². The summed E-state index contributed by atoms with van der Waals surface area (Å²) in [6.45, 7) is 10.0. The second kappa shape index (κ2) is 76.9. The number of rotatable bonds is 85. The number of ether oxygens (including phenoxy) is 8. The van der Waals surface area contributed by atoms with Gasteiger partial charge in [-0.25, -0.2) is 9.36 Å². The average molecular weight is 1780 g/mol. The molecule has 0 radical (unpaired) electrons. The van der Waals surface area contributed by atoms with Crippen LogP contribution in [0, 0.1) is 0 Å². The normalized spacial score (nSPS) is 20.2. The van der Waals surface area contributed by atoms with E-state index in [1.54, 1.807) is 0 Å². The van der Waals surface area contributed by atoms with E-state index in [1.165, 1.54) is 77.0 Å². The number of amides is 2. The Bertz CT molecular complexity index is 2660. The second-order valence-electron chi connectivity index (χ2n) is 35.6. The van der Waals surface area contributed by atoms with Gasteiger partial charge in [-0.05, 0) is 51.4 Å². The number of phosphoric ester groups is 1. The molecule has 2 fully saturated rings. The van der Waals surface area contributed by atoms with Crippen molar-refractivity contribution in [3.05, 3.63) is 0 Å². The summed E-state index contributed by atoms with van der Waals surface area (Å²) < 4.78 is 68.2. The van der Waals surface area contributed by atoms with Crippen LogP contribution in [0.1, 0.15) is 465 Å². The monoisotopic (exact) mass is 1780 g/mol. The molecule has 9 N–H and O–H groups in total. The number of aliphatic hydroxyl groups is 4. The Kier molecular flexibility index (Phi) is 72.0. The molecule has 0 spiro atoms. The van der Waals surface area contributed by atoms with Crippen LogP contribution in [0.3, 0.4) is 0 Å². The smallest absolute Gasteiger partial charge is 0.470 e. The summed E-state index contributed by atoms with van der Waals surface area (Å²) in [6.07, 6.45) is 36.4. The van der Waals surface area contributed by atoms with Gasteiger partial charge in [0.25, 0.3) is 0 Å². The fourth-order valence-corrected chi connectivity index (χ4v) is 17.2. The van der Waals surface area contributed by atoms with E-state index >= 15 is 9.59 Å². The van der Waals surface area contributed by atoms with Gasteiger partial charge in [0, 0.05) is 12.8 Å². The third kappa shape index (κ3) is 61.3. The number of hydrogen-bond acceptors (Lipinski definition) is 21. The molecule has 2 aliphatic heterocycles. The standard InChI is InChI=1S/C96H179N2O24P/c1-7-13-19-25-31-37-38-44-50-56-62-68-86(107)117-79(66-60-54-48-42-35-29-23-17-11-5)72-88(109)121-94-90(98-83(103)71-78(65-59-53-47-41-34-28-22-16-10-4)116-85(106)67-61-55-49-43-36-30-24-18-12-6)96(118-80(73-99)92(94)122-123(111,112)113)114-74-81-91(110)93(120-87(108)70-77(101)64-58-52-46-40-33-27-21-15-9-3)89(95(119-81)115-75-84(104)105)97-82(102)69-76(100)63-57-51-45-39-32-26-20-14-8-2/h76-81,89-96,99-101,110H,7-75H2,1-6H3,(H,97,102)(H,98,103)(H,104,105)(H2,111,112,113)/t76-,77-,78-,79-,80-,81-,89-,90-,91-,92-,93-,94-,95-,96-/m1/s1. The van der Waals surface area contributed by atoms with Crippen molar-refractivity contribution in [3.8, 4) is 0 Å². The highest BCUT2D eigenvalue weighted by molar-refractivity contribution is 7.46. The first-order chi connectivity index (χ1) is 59.5. The minimum absolute atomic E-state index is 0.0922. The molecule has 0 unspecified atom stereocenters. The van der Waals surface area contributed by atoms with E-state index in [4.69, 9.17) is 42.4 Å². The zero-order valence-corrected chi connectivity index (χ0v) is 78.8. The summed E-state index contributed by atoms with van der Waals surface area (Å²) in [5, 5.41) is 61.9. The molecule has 0 aromatic carbocycles. The largest absolute Gasteiger partial charge is 0.480 e. The lowest BCUT2D eigenvalue weighted by atomic mass is 9.95. The minimum atomic E-state index is -5.66. The van der Waals surface area contributed by atoms with Crippen LogP contribution in [0.25, 0.3) is 0 Å². The number of hydrogen-bond donors (Lipinski definition) is 9. The number of aliphatic hydroxyl groups excluding tert-OH is 4. The summed E-state index contributed by atoms with van der Waals surface area (Å²) >= 11 is 0. The molecule has 2 aliphatic rings. The van der Waals surface area contributed by atoms with E-state index in [9.17, 15) is 63.9 Å². The van der Waals surface area contributed by atoms with Crippen molar-refractivity contribution in [2.24, 2.45) is 0 Å². The number of carbonyl (C=O) groups is 7. The highest BCUT2D eigenvalue weighted by Gasteiger charge is 2.54. The Hall–Kier alpha value is -3.92. The first kappa shape index (κ1) is 115. The number of nitrogens with one attached hydrogen (secondary N) is 2. The van der Waals surface area contributed by atoms with Gasteiger partial charge in [-0.2, -0.15) is 0 Å². The number of esters is 4. The molecule has 0 saturated carbocycles. The highest BCUT2D eigenvalue weighted by atomic mass is 31.2. The Morgan fingerprint density at radius 2 is 0.659 bits per heavy atom. The lowest BCUT2D eigenvalue weighted by Crippen LogP contribution is -2.68. The van der Waals surface area contributed by atoms with Gasteiger partial charge in [0.2, 0.25) is 11.8 Å². The lowest BCUT2D eigenvalue weighted by Gasteiger charge is -2.47. The molecule has 2 heterocycles. The van der Waals surface area contributed by atoms with Crippen molar-refractivity contribution < 1.29 is 116 Å². The van der Waals surface area contributed by atoms with Crippen LogP contribution in [0.2, 0.25) is 0 Å². The van der Waals surface area contributed by atoms with E-state index in [0.717, 1.165) is 244 Å². The molecule has 2 rings (SSSR count). The number of unbranched alkanes of at least 4 members (excludes halogenated alkanes) is 50. The van der Waals surface area contributed by atoms with E-state index in [1.807, 2.05) is 0 Å². The summed E-state index contributed by atoms with van der Waals surface area (Å²) in [5.74, 6) is -6.23. The molecule has 0 aromatic rings. The van der Waals surface area contributed by atoms with E-state index < -0.39 is 181 Å². The molecule has 27 heteroatoms. The van der Waals surface area contributed by atoms with Crippen molar-refractivity contribution in [2.45, 2.75) is 551 Å². The predicted molar refractivity (Wildman–Crippen MR) is 481 cm³/mol. The number of carbonyl (C=O) groups excluding carboxylic acids is 6. The van der Waals surface area contributed by atoms with Crippen LogP contribution in [0.4, 0.5) is 0 Å². The summed E-state index contributed by atoms with van der Waals surface area (Å²) in [5.41, 5.74) is 0. The number of carboxylic acids is 1. The molecular weight excluding hydrogens is 1600 g/mol. The van der Waals surface area contributed by atoms with Crippen molar-refractivity contribution in [1.82, 2.24) is 10.6 Å². The predicted octanol–water partition coefficient (Wildman–Crippen LogP) is 20.6. The van der Waals surface area contributed by atoms with E-state index in [0.29, 0.717) is 38.5 Å². The maximum atomic E-state index is 15.2. The van der Waals surface area contributed by atoms with Gasteiger partial charge in [0.05, 0.1) is 51.1 Å². The van der Waals surface area contributed by atoms with Gasteiger partial charge in [0.15, 0.2) is 24.8 Å². The minimum Gasteiger partial charge on any atom is -0.480 e. The summed E-state index contributed by atoms with van der Waals surface area (Å²) in [4.78, 5) is 120. The van der Waals surface area contributed by atoms with Crippen LogP contribution < -0.4 is 10.6 Å². The Morgan fingerprint density at radius 3 is 1.02 bits per heavy atom. The van der Waals surface area contributed by atoms with E-state index in [-0.39, 0.29) is 38.5 Å². The van der Waals surface area contributed by atoms with Crippen LogP contribution >= 0.6 is 7.82 Å². The van der Waals surface area contributed by atoms with Crippen LogP contribution in [-0.2, 0) is 80.5 Å². The Labute approximate surface area is 743 Å². The molecule has 2 amide bonds. The molecule has 0 aliphatic carbocycles. The third-order valence-corrected chi connectivity index (χ3v) is 24.5. The SMILES string of the molecule is CCCCCCCCCCCCCC(=O)O[C@H](CCCCCCCCCCC)CC(=O)O[C@@H]1[C@@H](NC(=O)C[C@@H](CCCCCCCCCCC)OC(=O)CCCCCCCCCCC)[C@H](OC[C@H]2O[C@@H](OCC(=O)O)[C@H](NC(=O)C[C@H](O)CCCCCCCCCCC)[C@@H](OC(=O)C[C@H](O)CCCCCCCCCCC)[C@@H]2O)O[C@H](CO)[C@H]1OP(=O)(O)O. The molecule has 14 atom stereocenters. The lowest BCUT2D eigenvalue weighted by molar-refractivity contribution is -0.304. The van der Waals surface area contributed by atoms with Crippen molar-refractivity contribution >= 4 is 49.5 Å². The maximum Gasteiger partial charge on any atom is 0.470 e. The van der Waals surface area contributed by atoms with Crippen LogP contribution in [0.15, 0.2) is 0 Å². The second-order valence-corrected chi connectivity index (χ2v) is 36.8. The zero-order valence-electron chi connectivity index (χ0n) is 77.9. The first-order valence-electron chi connectivity index (χ1n) is 50.0. The third-order valence-electron chi connectivity index (χ3n) is 24.0. The van der Waals surface area contributed by atoms with Gasteiger partial charge in [0.1, 0.15) is 55.3 Å². The molecule has 123 heavy (non-hydrogen) atoms. The molecule has 0 bridgehead atoms. The molecule has 722 valence electrons. The van der Waals surface area contributed by atoms with Crippen molar-refractivity contribution in [3.63, 3.8) is 0 Å². The number of phosphoric acid groups is 1. The topological polar surface area (TPSA) is 385 Å². The fourth-order valence-electron chi connectivity index (χ4n) is 16.7. The van der Waals surface area contributed by atoms with Gasteiger partial charge >= 0.3 is 37.7 Å². The molecule has 0 aromatic heterocycles. The Morgan fingerprint density at radius 1 is 0.358 bits per heavy atom. The fraction of sp³-hybridized carbons (Fsp3) is 0.927. The first-order valence-corrected chi connectivity index (χ1v) is 51.6. The van der Waals surface area contributed by atoms with Gasteiger partial charge in [-0.15, -0.1) is 0 Å². The summed E-state index contributed by atoms with van der Waals surface area (Å²) in [7, 11) is -5.66. The van der Waals surface area contributed by atoms with Gasteiger partial charge in [-0.3, -0.25) is 33.3 Å². The van der Waals surface area contributed by atoms with E-state index in [2.05, 4.69) is 52.2 Å². The van der Waals surface area contributed by atoms with Gasteiger partial charge in [-0.1, -0.05) is 375 Å². The summed E-state index contributed by atoms with van der Waals surface area (Å²) in [6, 6.07) is -3.55. The number of carboxylic acid groups (broad SMARTS) is 1. The van der Waals surface area contributed by atoms with Crippen molar-refractivity contribution in [2.75, 3.05) is 19.8 Å².